The van der Waals surface area contributed by atoms with Crippen molar-refractivity contribution in [2.75, 3.05) is 5.75 Å². The van der Waals surface area contributed by atoms with Crippen LogP contribution in [0.5, 0.6) is 5.75 Å². The van der Waals surface area contributed by atoms with Crippen LogP contribution in [0.15, 0.2) is 161 Å². The van der Waals surface area contributed by atoms with E-state index < -0.39 is 33.2 Å². The molecule has 11 heteroatoms. The minimum atomic E-state index is -1.22. The number of hydrogen-bond donors (Lipinski definition) is 0. The monoisotopic (exact) mass is 978 g/mol. The van der Waals surface area contributed by atoms with E-state index in [2.05, 4.69) is 147 Å². The highest BCUT2D eigenvalue weighted by molar-refractivity contribution is 9.10. The molecule has 0 amide bonds. The van der Waals surface area contributed by atoms with E-state index in [9.17, 15) is 12.6 Å². The summed E-state index contributed by atoms with van der Waals surface area (Å²) in [6.45, 7) is 2.78. The second kappa shape index (κ2) is 19.6. The van der Waals surface area contributed by atoms with Gasteiger partial charge in [0.25, 0.3) is 0 Å². The number of halogens is 2. The smallest absolute Gasteiger partial charge is 0.206 e. The third-order valence-corrected chi connectivity index (χ3v) is 14.0. The van der Waals surface area contributed by atoms with E-state index in [1.165, 1.54) is 16.7 Å². The Labute approximate surface area is 375 Å². The zero-order valence-corrected chi connectivity index (χ0v) is 38.2. The van der Waals surface area contributed by atoms with Gasteiger partial charge in [-0.3, -0.25) is 8.37 Å². The predicted octanol–water partition coefficient (Wildman–Crippen LogP) is 12.5. The van der Waals surface area contributed by atoms with Crippen molar-refractivity contribution in [1.82, 2.24) is 0 Å². The SMILES string of the molecule is Brc1cccc(-c2cccc(Br)c2)c1.Cc1ccc2c(c1)OS(=O)CC2.O=S1Cc2ccc(-c3cccc(-c4cccc(-c5ccc6c(c5)COS(=O)C6)c4)c3)cc2CO1. The molecule has 0 aromatic heterocycles. The second-order valence-corrected chi connectivity index (χ2v) is 19.8. The molecule has 0 fully saturated rings. The van der Waals surface area contributed by atoms with Crippen LogP contribution in [0.2, 0.25) is 0 Å². The maximum absolute atomic E-state index is 11.7. The van der Waals surface area contributed by atoms with Gasteiger partial charge in [0.15, 0.2) is 22.2 Å². The van der Waals surface area contributed by atoms with Gasteiger partial charge in [0, 0.05) is 8.95 Å². The Balaban J connectivity index is 0.000000156. The lowest BCUT2D eigenvalue weighted by atomic mass is 9.94. The van der Waals surface area contributed by atoms with Gasteiger partial charge in [-0.1, -0.05) is 129 Å². The lowest BCUT2D eigenvalue weighted by molar-refractivity contribution is 0.327. The van der Waals surface area contributed by atoms with Crippen LogP contribution in [0.3, 0.4) is 0 Å². The van der Waals surface area contributed by atoms with Gasteiger partial charge in [0.2, 0.25) is 11.1 Å². The molecule has 0 spiro atoms. The van der Waals surface area contributed by atoms with Crippen LogP contribution in [0.4, 0.5) is 0 Å². The van der Waals surface area contributed by atoms with E-state index in [0.717, 1.165) is 82.3 Å². The summed E-state index contributed by atoms with van der Waals surface area (Å²) in [5, 5.41) is 0. The number of rotatable bonds is 4. The molecule has 7 aromatic carbocycles. The van der Waals surface area contributed by atoms with Gasteiger partial charge in [-0.05, 0) is 146 Å². The third-order valence-electron chi connectivity index (χ3n) is 10.3. The normalized spacial score (nSPS) is 17.6. The van der Waals surface area contributed by atoms with E-state index in [1.807, 2.05) is 43.3 Å². The van der Waals surface area contributed by atoms with E-state index in [1.54, 1.807) is 0 Å². The summed E-state index contributed by atoms with van der Waals surface area (Å²) in [6, 6.07) is 52.3. The van der Waals surface area contributed by atoms with Crippen LogP contribution < -0.4 is 4.18 Å². The Kier molecular flexibility index (Phi) is 13.8. The molecule has 0 N–H and O–H groups in total. The van der Waals surface area contributed by atoms with Crippen LogP contribution in [-0.2, 0) is 72.7 Å². The molecule has 60 heavy (non-hydrogen) atoms. The quantitative estimate of drug-likeness (QED) is 0.175. The zero-order valence-electron chi connectivity index (χ0n) is 32.6. The molecular formula is C49H40Br2O6S3. The van der Waals surface area contributed by atoms with Crippen molar-refractivity contribution in [3.05, 3.63) is 194 Å². The molecule has 3 atom stereocenters. The molecule has 3 unspecified atom stereocenters. The Morgan fingerprint density at radius 2 is 0.850 bits per heavy atom. The fourth-order valence-corrected chi connectivity index (χ4v) is 10.5. The Morgan fingerprint density at radius 3 is 1.32 bits per heavy atom. The summed E-state index contributed by atoms with van der Waals surface area (Å²) in [5.41, 5.74) is 16.0. The summed E-state index contributed by atoms with van der Waals surface area (Å²) in [6.07, 6.45) is 0.863. The fraction of sp³-hybridized carbons (Fsp3) is 0.143. The fourth-order valence-electron chi connectivity index (χ4n) is 7.13. The molecule has 3 heterocycles. The van der Waals surface area contributed by atoms with Crippen molar-refractivity contribution in [1.29, 1.82) is 0 Å². The maximum atomic E-state index is 11.7. The first-order valence-corrected chi connectivity index (χ1v) is 24.6. The van der Waals surface area contributed by atoms with Crippen molar-refractivity contribution in [2.45, 2.75) is 38.1 Å². The van der Waals surface area contributed by atoms with Crippen LogP contribution in [0, 0.1) is 6.92 Å². The van der Waals surface area contributed by atoms with Gasteiger partial charge < -0.3 is 4.18 Å². The van der Waals surface area contributed by atoms with E-state index in [-0.39, 0.29) is 0 Å². The average molecular weight is 981 g/mol. The topological polar surface area (TPSA) is 78.9 Å². The van der Waals surface area contributed by atoms with Crippen molar-refractivity contribution in [3.63, 3.8) is 0 Å². The molecule has 0 saturated carbocycles. The lowest BCUT2D eigenvalue weighted by Gasteiger charge is -2.17. The highest BCUT2D eigenvalue weighted by Crippen LogP contribution is 2.33. The molecular weight excluding hydrogens is 941 g/mol. The molecule has 3 aliphatic heterocycles. The lowest BCUT2D eigenvalue weighted by Crippen LogP contribution is -2.14. The van der Waals surface area contributed by atoms with Crippen molar-refractivity contribution in [2.24, 2.45) is 0 Å². The summed E-state index contributed by atoms with van der Waals surface area (Å²) in [4.78, 5) is 0. The molecule has 6 nitrogen and oxygen atoms in total. The molecule has 0 bridgehead atoms. The minimum Gasteiger partial charge on any atom is -0.400 e. The summed E-state index contributed by atoms with van der Waals surface area (Å²) < 4.78 is 52.4. The molecule has 7 aromatic rings. The van der Waals surface area contributed by atoms with Gasteiger partial charge in [-0.25, -0.2) is 12.6 Å². The average Bonchev–Trinajstić information content (AvgIpc) is 3.26. The van der Waals surface area contributed by atoms with E-state index >= 15 is 0 Å². The number of benzene rings is 7. The van der Waals surface area contributed by atoms with Crippen molar-refractivity contribution in [3.8, 4) is 50.3 Å². The first kappa shape index (κ1) is 42.4. The van der Waals surface area contributed by atoms with Crippen LogP contribution in [0.25, 0.3) is 44.5 Å². The van der Waals surface area contributed by atoms with Crippen LogP contribution in [0.1, 0.15) is 33.4 Å². The second-order valence-electron chi connectivity index (χ2n) is 14.5. The number of fused-ring (bicyclic) bond motifs is 3. The summed E-state index contributed by atoms with van der Waals surface area (Å²) >= 11 is 3.38. The highest BCUT2D eigenvalue weighted by atomic mass is 79.9. The van der Waals surface area contributed by atoms with Gasteiger partial charge in [-0.15, -0.1) is 0 Å². The molecule has 10 rings (SSSR count). The standard InChI is InChI=1S/C28H22O4S2.C12H8Br2.C9H10O2S/c29-33-17-25-9-7-23(13-27(25)15-31-33)21-5-1-3-19(11-21)20-4-2-6-22(12-20)24-8-10-26-18-34(30)32-16-28(26)14-24;13-11-5-1-3-9(7-11)10-4-2-6-12(14)8-10;1-7-2-3-8-4-5-12(10)11-9(8)6-7/h1-14H,15-18H2;1-8H;2-3,6H,4-5H2,1H3. The third kappa shape index (κ3) is 10.8. The molecule has 0 radical (unpaired) electrons. The molecule has 3 aliphatic rings. The Bertz CT molecular complexity index is 2620. The predicted molar refractivity (Wildman–Crippen MR) is 252 cm³/mol. The molecule has 304 valence electrons. The highest BCUT2D eigenvalue weighted by Gasteiger charge is 2.18. The minimum absolute atomic E-state index is 0.388. The number of aryl methyl sites for hydroxylation is 2. The Morgan fingerprint density at radius 1 is 0.433 bits per heavy atom. The van der Waals surface area contributed by atoms with Crippen LogP contribution >= 0.6 is 31.9 Å². The van der Waals surface area contributed by atoms with Gasteiger partial charge in [0.1, 0.15) is 5.75 Å². The van der Waals surface area contributed by atoms with Gasteiger partial charge >= 0.3 is 0 Å². The summed E-state index contributed by atoms with van der Waals surface area (Å²) in [5.74, 6) is 2.32. The van der Waals surface area contributed by atoms with Gasteiger partial charge in [0.05, 0.1) is 30.5 Å². The first-order valence-electron chi connectivity index (χ1n) is 19.3. The first-order chi connectivity index (χ1) is 29.1. The van der Waals surface area contributed by atoms with E-state index in [4.69, 9.17) is 12.5 Å². The van der Waals surface area contributed by atoms with Crippen molar-refractivity contribution >= 4 is 65.1 Å². The van der Waals surface area contributed by atoms with Crippen molar-refractivity contribution < 1.29 is 25.2 Å². The molecule has 0 aliphatic carbocycles. The number of hydrogen-bond acceptors (Lipinski definition) is 6. The molecule has 0 saturated heterocycles. The summed E-state index contributed by atoms with van der Waals surface area (Å²) in [7, 11) is 0. The van der Waals surface area contributed by atoms with Crippen LogP contribution in [-0.4, -0.2) is 18.4 Å². The van der Waals surface area contributed by atoms with Gasteiger partial charge in [-0.2, -0.15) is 0 Å². The largest absolute Gasteiger partial charge is 0.400 e. The maximum Gasteiger partial charge on any atom is 0.206 e. The zero-order chi connectivity index (χ0) is 41.6. The van der Waals surface area contributed by atoms with E-state index in [0.29, 0.717) is 30.5 Å². The Hall–Kier alpha value is -4.33.